The van der Waals surface area contributed by atoms with Crippen LogP contribution in [-0.2, 0) is 4.57 Å². The third kappa shape index (κ3) is 3.30. The van der Waals surface area contributed by atoms with E-state index >= 15 is 0 Å². The van der Waals surface area contributed by atoms with Gasteiger partial charge in [0.25, 0.3) is 0 Å². The molecule has 5 heteroatoms. The average Bonchev–Trinajstić information content (AvgIpc) is 1.31. The third-order valence-corrected chi connectivity index (χ3v) is 4.04. The fourth-order valence-corrected chi connectivity index (χ4v) is 0. The van der Waals surface area contributed by atoms with E-state index in [2.05, 4.69) is 0 Å². The molecule has 0 amide bonds. The Hall–Kier alpha value is 0.708. The minimum atomic E-state index is -3.71. The molecule has 0 aliphatic heterocycles. The van der Waals surface area contributed by atoms with Gasteiger partial charge in [0.2, 0.25) is 0 Å². The first-order chi connectivity index (χ1) is 2.94. The molecule has 44 valence electrons. The molecule has 0 rings (SSSR count). The van der Waals surface area contributed by atoms with Gasteiger partial charge < -0.3 is 0 Å². The molecule has 0 aliphatic carbocycles. The molecule has 2 atom stereocenters. The van der Waals surface area contributed by atoms with Gasteiger partial charge in [0.1, 0.15) is 0 Å². The van der Waals surface area contributed by atoms with Crippen molar-refractivity contribution in [3.05, 3.63) is 0 Å². The number of rotatable bonds is 1. The molecule has 0 aliphatic rings. The normalized spacial score (nSPS) is 16.6. The summed E-state index contributed by atoms with van der Waals surface area (Å²) in [5.41, 5.74) is 0. The summed E-state index contributed by atoms with van der Waals surface area (Å²) in [6.45, 7) is 1.51. The van der Waals surface area contributed by atoms with Crippen molar-refractivity contribution in [1.82, 2.24) is 0 Å². The van der Waals surface area contributed by atoms with Crippen molar-refractivity contribution < 1.29 is 14.4 Å². The van der Waals surface area contributed by atoms with Crippen LogP contribution in [0.3, 0.4) is 0 Å². The van der Waals surface area contributed by atoms with E-state index in [1.165, 1.54) is 6.92 Å². The average molecular weight is 186 g/mol. The minimum absolute atomic E-state index is 0.472. The van der Waals surface area contributed by atoms with Crippen molar-refractivity contribution in [3.8, 4) is 0 Å². The summed E-state index contributed by atoms with van der Waals surface area (Å²) in [4.78, 5) is 16.4. The van der Waals surface area contributed by atoms with Crippen LogP contribution in [0.5, 0.6) is 0 Å². The van der Waals surface area contributed by atoms with E-state index < -0.39 is 12.0 Å². The van der Waals surface area contributed by atoms with Gasteiger partial charge in [0, 0.05) is 0 Å². The number of hydrogen-bond donors (Lipinski definition) is 2. The standard InChI is InChI=1S/C2H8AsO3P/c1-2(3)7(4,5)6/h2H,3H2,1H3,(H2,4,5,6). The van der Waals surface area contributed by atoms with Gasteiger partial charge in [-0.3, -0.25) is 0 Å². The molecule has 0 fully saturated rings. The first-order valence-corrected chi connectivity index (χ1v) is 4.83. The van der Waals surface area contributed by atoms with Crippen molar-refractivity contribution >= 4 is 24.4 Å². The van der Waals surface area contributed by atoms with Crippen molar-refractivity contribution in [2.45, 2.75) is 11.4 Å². The van der Waals surface area contributed by atoms with Crippen LogP contribution in [0.15, 0.2) is 0 Å². The van der Waals surface area contributed by atoms with Crippen LogP contribution < -0.4 is 0 Å². The van der Waals surface area contributed by atoms with Gasteiger partial charge in [0.15, 0.2) is 0 Å². The van der Waals surface area contributed by atoms with Gasteiger partial charge in [-0.2, -0.15) is 0 Å². The van der Waals surface area contributed by atoms with Gasteiger partial charge in [0.05, 0.1) is 0 Å². The molecule has 7 heavy (non-hydrogen) atoms. The molecule has 0 radical (unpaired) electrons. The maximum absolute atomic E-state index is 10.0. The van der Waals surface area contributed by atoms with Crippen LogP contribution >= 0.6 is 7.60 Å². The van der Waals surface area contributed by atoms with Crippen molar-refractivity contribution in [2.24, 2.45) is 0 Å². The van der Waals surface area contributed by atoms with Crippen LogP contribution in [0.2, 0.25) is 0 Å². The molecule has 2 N–H and O–H groups in total. The molecule has 2 unspecified atom stereocenters. The first kappa shape index (κ1) is 7.71. The molecule has 0 bridgehead atoms. The van der Waals surface area contributed by atoms with Gasteiger partial charge in [-0.05, 0) is 0 Å². The van der Waals surface area contributed by atoms with Crippen LogP contribution in [0.1, 0.15) is 6.92 Å². The molecule has 0 aromatic heterocycles. The van der Waals surface area contributed by atoms with Gasteiger partial charge in [-0.25, -0.2) is 0 Å². The Morgan fingerprint density at radius 1 is 1.71 bits per heavy atom. The molecule has 3 nitrogen and oxygen atoms in total. The Morgan fingerprint density at radius 3 is 1.86 bits per heavy atom. The maximum atomic E-state index is 10.0. The Bertz CT molecular complexity index is 95.1. The second-order valence-electron chi connectivity index (χ2n) is 1.33. The summed E-state index contributed by atoms with van der Waals surface area (Å²) in [6.07, 6.45) is 0. The Morgan fingerprint density at radius 2 is 1.86 bits per heavy atom. The van der Waals surface area contributed by atoms with Gasteiger partial charge in [-0.1, -0.05) is 0 Å². The van der Waals surface area contributed by atoms with E-state index in [0.717, 1.165) is 16.9 Å². The molecule has 0 aromatic rings. The molecule has 0 saturated carbocycles. The quantitative estimate of drug-likeness (QED) is 0.414. The van der Waals surface area contributed by atoms with Crippen LogP contribution in [0.4, 0.5) is 0 Å². The van der Waals surface area contributed by atoms with E-state index in [1.54, 1.807) is 0 Å². The van der Waals surface area contributed by atoms with E-state index in [-0.39, 0.29) is 0 Å². The monoisotopic (exact) mass is 186 g/mol. The van der Waals surface area contributed by atoms with E-state index in [0.29, 0.717) is 0 Å². The molecule has 0 aromatic carbocycles. The van der Waals surface area contributed by atoms with Crippen molar-refractivity contribution in [3.63, 3.8) is 0 Å². The Labute approximate surface area is 50.8 Å². The fourth-order valence-electron chi connectivity index (χ4n) is 0. The topological polar surface area (TPSA) is 57.5 Å². The zero-order chi connectivity index (χ0) is 6.08. The Kier molecular flexibility index (Phi) is 2.55. The van der Waals surface area contributed by atoms with Crippen LogP contribution in [-0.4, -0.2) is 31.1 Å². The molecular weight excluding hydrogens is 178 g/mol. The summed E-state index contributed by atoms with van der Waals surface area (Å²) in [6, 6.07) is 0. The zero-order valence-electron chi connectivity index (χ0n) is 3.90. The summed E-state index contributed by atoms with van der Waals surface area (Å²) < 4.78 is 9.57. The second kappa shape index (κ2) is 2.32. The van der Waals surface area contributed by atoms with Gasteiger partial charge >= 0.3 is 50.2 Å². The first-order valence-electron chi connectivity index (χ1n) is 1.75. The second-order valence-corrected chi connectivity index (χ2v) is 6.60. The van der Waals surface area contributed by atoms with E-state index in [1.807, 2.05) is 0 Å². The fraction of sp³-hybridized carbons (Fsp3) is 1.00. The van der Waals surface area contributed by atoms with Crippen molar-refractivity contribution in [2.75, 3.05) is 0 Å². The Balaban J connectivity index is 3.80. The molecule has 0 saturated heterocycles. The summed E-state index contributed by atoms with van der Waals surface area (Å²) >= 11 is 1.07. The summed E-state index contributed by atoms with van der Waals surface area (Å²) in [7, 11) is -3.71. The van der Waals surface area contributed by atoms with E-state index in [9.17, 15) is 4.57 Å². The molecule has 0 heterocycles. The predicted molar refractivity (Wildman–Crippen MR) is 30.1 cm³/mol. The number of hydrogen-bond acceptors (Lipinski definition) is 1. The van der Waals surface area contributed by atoms with Crippen molar-refractivity contribution in [1.29, 1.82) is 0 Å². The predicted octanol–water partition coefficient (Wildman–Crippen LogP) is -0.857. The van der Waals surface area contributed by atoms with Crippen LogP contribution in [0, 0.1) is 0 Å². The third-order valence-electron chi connectivity index (χ3n) is 0.531. The molecular formula is C2H8AsO3P. The van der Waals surface area contributed by atoms with Gasteiger partial charge in [-0.15, -0.1) is 0 Å². The summed E-state index contributed by atoms with van der Waals surface area (Å²) in [5, 5.41) is 0. The molecule has 0 spiro atoms. The van der Waals surface area contributed by atoms with E-state index in [4.69, 9.17) is 9.79 Å². The zero-order valence-corrected chi connectivity index (χ0v) is 7.22. The SMILES string of the molecule is CC([AsH2])P(=O)(O)O. The summed E-state index contributed by atoms with van der Waals surface area (Å²) in [5.74, 6) is 0. The van der Waals surface area contributed by atoms with Crippen LogP contribution in [0.25, 0.3) is 0 Å².